The van der Waals surface area contributed by atoms with Gasteiger partial charge in [0.1, 0.15) is 0 Å². The quantitative estimate of drug-likeness (QED) is 0.670. The van der Waals surface area contributed by atoms with Gasteiger partial charge in [0.2, 0.25) is 0 Å². The molecule has 0 fully saturated rings. The first-order valence-corrected chi connectivity index (χ1v) is 5.17. The second-order valence-electron chi connectivity index (χ2n) is 3.06. The molecule has 14 heavy (non-hydrogen) atoms. The summed E-state index contributed by atoms with van der Waals surface area (Å²) in [4.78, 5) is 11.4. The first-order chi connectivity index (χ1) is 6.74. The molecule has 0 spiro atoms. The monoisotopic (exact) mass is 206 g/mol. The molecular formula is C11H10O2S. The lowest BCUT2D eigenvalue weighted by molar-refractivity contribution is 0.0600. The fourth-order valence-corrected chi connectivity index (χ4v) is 2.37. The van der Waals surface area contributed by atoms with Gasteiger partial charge in [-0.05, 0) is 41.5 Å². The average molecular weight is 206 g/mol. The zero-order valence-electron chi connectivity index (χ0n) is 8.03. The molecule has 0 N–H and O–H groups in total. The first kappa shape index (κ1) is 9.21. The summed E-state index contributed by atoms with van der Waals surface area (Å²) in [6.45, 7) is 1.95. The number of fused-ring (bicyclic) bond motifs is 1. The number of rotatable bonds is 1. The maximum Gasteiger partial charge on any atom is 0.338 e. The molecule has 1 heterocycles. The van der Waals surface area contributed by atoms with E-state index in [0.29, 0.717) is 5.56 Å². The number of hydrogen-bond donors (Lipinski definition) is 0. The number of aryl methyl sites for hydroxylation is 1. The molecule has 0 aliphatic rings. The number of hydrogen-bond acceptors (Lipinski definition) is 3. The van der Waals surface area contributed by atoms with E-state index in [1.54, 1.807) is 11.3 Å². The van der Waals surface area contributed by atoms with Gasteiger partial charge in [-0.1, -0.05) is 0 Å². The van der Waals surface area contributed by atoms with Gasteiger partial charge in [0.25, 0.3) is 0 Å². The molecule has 2 aromatic rings. The second kappa shape index (κ2) is 3.42. The Morgan fingerprint density at radius 3 is 2.86 bits per heavy atom. The normalized spacial score (nSPS) is 10.4. The van der Waals surface area contributed by atoms with Crippen LogP contribution in [0.5, 0.6) is 0 Å². The van der Waals surface area contributed by atoms with E-state index in [0.717, 1.165) is 10.9 Å². The van der Waals surface area contributed by atoms with Gasteiger partial charge >= 0.3 is 5.97 Å². The lowest BCUT2D eigenvalue weighted by atomic mass is 10.1. The molecule has 0 bridgehead atoms. The summed E-state index contributed by atoms with van der Waals surface area (Å²) >= 11 is 1.68. The summed E-state index contributed by atoms with van der Waals surface area (Å²) in [7, 11) is 1.40. The van der Waals surface area contributed by atoms with Crippen LogP contribution >= 0.6 is 11.3 Å². The van der Waals surface area contributed by atoms with Gasteiger partial charge in [-0.2, -0.15) is 0 Å². The van der Waals surface area contributed by atoms with E-state index in [-0.39, 0.29) is 5.97 Å². The molecule has 72 valence electrons. The number of carbonyl (C=O) groups is 1. The Hall–Kier alpha value is -1.35. The molecule has 0 aliphatic heterocycles. The van der Waals surface area contributed by atoms with Crippen LogP contribution in [0.2, 0.25) is 0 Å². The lowest BCUT2D eigenvalue weighted by Gasteiger charge is -2.04. The van der Waals surface area contributed by atoms with Crippen molar-refractivity contribution in [1.82, 2.24) is 0 Å². The minimum Gasteiger partial charge on any atom is -0.465 e. The minimum absolute atomic E-state index is 0.268. The molecule has 0 saturated heterocycles. The van der Waals surface area contributed by atoms with Crippen molar-refractivity contribution >= 4 is 27.4 Å². The van der Waals surface area contributed by atoms with Crippen LogP contribution in [-0.2, 0) is 4.74 Å². The van der Waals surface area contributed by atoms with Crippen LogP contribution in [0, 0.1) is 6.92 Å². The SMILES string of the molecule is COC(=O)c1ccc2sccc2c1C. The molecule has 0 saturated carbocycles. The molecule has 2 rings (SSSR count). The highest BCUT2D eigenvalue weighted by Crippen LogP contribution is 2.26. The molecule has 0 amide bonds. The Bertz CT molecular complexity index is 485. The number of benzene rings is 1. The molecule has 0 radical (unpaired) electrons. The van der Waals surface area contributed by atoms with Gasteiger partial charge in [-0.3, -0.25) is 0 Å². The standard InChI is InChI=1S/C11H10O2S/c1-7-8-5-6-14-10(8)4-3-9(7)11(12)13-2/h3-6H,1-2H3. The molecule has 0 atom stereocenters. The average Bonchev–Trinajstić information content (AvgIpc) is 2.66. The van der Waals surface area contributed by atoms with Gasteiger partial charge in [-0.15, -0.1) is 11.3 Å². The number of esters is 1. The summed E-state index contributed by atoms with van der Waals surface area (Å²) in [6, 6.07) is 5.81. The fraction of sp³-hybridized carbons (Fsp3) is 0.182. The number of carbonyl (C=O) groups excluding carboxylic acids is 1. The van der Waals surface area contributed by atoms with Crippen LogP contribution in [0.3, 0.4) is 0 Å². The van der Waals surface area contributed by atoms with E-state index in [4.69, 9.17) is 4.74 Å². The van der Waals surface area contributed by atoms with Crippen LogP contribution in [0.15, 0.2) is 23.6 Å². The molecular weight excluding hydrogens is 196 g/mol. The highest BCUT2D eigenvalue weighted by atomic mass is 32.1. The van der Waals surface area contributed by atoms with Gasteiger partial charge < -0.3 is 4.74 Å². The van der Waals surface area contributed by atoms with Crippen LogP contribution in [-0.4, -0.2) is 13.1 Å². The van der Waals surface area contributed by atoms with Crippen LogP contribution in [0.1, 0.15) is 15.9 Å². The van der Waals surface area contributed by atoms with Crippen LogP contribution < -0.4 is 0 Å². The molecule has 0 unspecified atom stereocenters. The van der Waals surface area contributed by atoms with Crippen molar-refractivity contribution in [2.45, 2.75) is 6.92 Å². The smallest absolute Gasteiger partial charge is 0.338 e. The molecule has 2 nitrogen and oxygen atoms in total. The highest BCUT2D eigenvalue weighted by molar-refractivity contribution is 7.17. The summed E-state index contributed by atoms with van der Waals surface area (Å²) in [5, 5.41) is 3.16. The van der Waals surface area contributed by atoms with Crippen molar-refractivity contribution in [3.05, 3.63) is 34.7 Å². The topological polar surface area (TPSA) is 26.3 Å². The first-order valence-electron chi connectivity index (χ1n) is 4.29. The van der Waals surface area contributed by atoms with E-state index in [9.17, 15) is 4.79 Å². The Labute approximate surface area is 86.1 Å². The maximum atomic E-state index is 11.4. The van der Waals surface area contributed by atoms with Crippen molar-refractivity contribution in [2.75, 3.05) is 7.11 Å². The fourth-order valence-electron chi connectivity index (χ4n) is 1.52. The Morgan fingerprint density at radius 2 is 2.14 bits per heavy atom. The predicted molar refractivity (Wildman–Crippen MR) is 57.9 cm³/mol. The van der Waals surface area contributed by atoms with Gasteiger partial charge in [0.05, 0.1) is 12.7 Å². The van der Waals surface area contributed by atoms with Crippen molar-refractivity contribution in [3.63, 3.8) is 0 Å². The number of methoxy groups -OCH3 is 1. The summed E-state index contributed by atoms with van der Waals surface area (Å²) < 4.78 is 5.91. The summed E-state index contributed by atoms with van der Waals surface area (Å²) in [5.74, 6) is -0.268. The van der Waals surface area contributed by atoms with E-state index >= 15 is 0 Å². The van der Waals surface area contributed by atoms with Crippen molar-refractivity contribution in [3.8, 4) is 0 Å². The van der Waals surface area contributed by atoms with Crippen LogP contribution in [0.4, 0.5) is 0 Å². The molecule has 1 aromatic carbocycles. The number of ether oxygens (including phenoxy) is 1. The highest BCUT2D eigenvalue weighted by Gasteiger charge is 2.11. The van der Waals surface area contributed by atoms with E-state index < -0.39 is 0 Å². The summed E-state index contributed by atoms with van der Waals surface area (Å²) in [6.07, 6.45) is 0. The third kappa shape index (κ3) is 1.30. The molecule has 0 aliphatic carbocycles. The van der Waals surface area contributed by atoms with Gasteiger partial charge in [0, 0.05) is 4.70 Å². The summed E-state index contributed by atoms with van der Waals surface area (Å²) in [5.41, 5.74) is 1.65. The minimum atomic E-state index is -0.268. The predicted octanol–water partition coefficient (Wildman–Crippen LogP) is 3.00. The Balaban J connectivity index is 2.67. The number of thiophene rings is 1. The largest absolute Gasteiger partial charge is 0.465 e. The third-order valence-corrected chi connectivity index (χ3v) is 3.19. The van der Waals surface area contributed by atoms with E-state index in [2.05, 4.69) is 0 Å². The van der Waals surface area contributed by atoms with Crippen molar-refractivity contribution in [1.29, 1.82) is 0 Å². The van der Waals surface area contributed by atoms with E-state index in [1.165, 1.54) is 11.8 Å². The zero-order chi connectivity index (χ0) is 10.1. The van der Waals surface area contributed by atoms with Gasteiger partial charge in [-0.25, -0.2) is 4.79 Å². The third-order valence-electron chi connectivity index (χ3n) is 2.31. The van der Waals surface area contributed by atoms with Crippen molar-refractivity contribution < 1.29 is 9.53 Å². The maximum absolute atomic E-state index is 11.4. The van der Waals surface area contributed by atoms with Crippen molar-refractivity contribution in [2.24, 2.45) is 0 Å². The van der Waals surface area contributed by atoms with E-state index in [1.807, 2.05) is 30.5 Å². The Morgan fingerprint density at radius 1 is 1.36 bits per heavy atom. The zero-order valence-corrected chi connectivity index (χ0v) is 8.85. The molecule has 3 heteroatoms. The second-order valence-corrected chi connectivity index (χ2v) is 4.01. The lowest BCUT2D eigenvalue weighted by Crippen LogP contribution is -2.03. The molecule has 1 aromatic heterocycles. The Kier molecular flexibility index (Phi) is 2.25. The van der Waals surface area contributed by atoms with Crippen LogP contribution in [0.25, 0.3) is 10.1 Å². The van der Waals surface area contributed by atoms with Gasteiger partial charge in [0.15, 0.2) is 0 Å².